The van der Waals surface area contributed by atoms with Crippen LogP contribution in [0.2, 0.25) is 0 Å². The molecule has 1 heterocycles. The summed E-state index contributed by atoms with van der Waals surface area (Å²) in [5.74, 6) is 0.516. The highest BCUT2D eigenvalue weighted by atomic mass is 14.7. The van der Waals surface area contributed by atoms with Crippen molar-refractivity contribution in [2.75, 3.05) is 0 Å². The molecule has 0 atom stereocenters. The molecule has 0 saturated carbocycles. The molecule has 0 fully saturated rings. The van der Waals surface area contributed by atoms with E-state index >= 15 is 0 Å². The minimum absolute atomic E-state index is 0.201. The van der Waals surface area contributed by atoms with Gasteiger partial charge in [0.2, 0.25) is 0 Å². The Morgan fingerprint density at radius 1 is 1.14 bits per heavy atom. The second kappa shape index (κ2) is 3.72. The zero-order valence-corrected chi connectivity index (χ0v) is 10.2. The molecule has 0 radical (unpaired) electrons. The van der Waals surface area contributed by atoms with Gasteiger partial charge in [-0.15, -0.1) is 0 Å². The van der Waals surface area contributed by atoms with E-state index in [9.17, 15) is 0 Å². The van der Waals surface area contributed by atoms with Crippen LogP contribution in [-0.2, 0) is 5.41 Å². The number of hydrogen-bond donors (Lipinski definition) is 0. The molecule has 0 aliphatic rings. The summed E-state index contributed by atoms with van der Waals surface area (Å²) in [6.07, 6.45) is 0. The zero-order valence-electron chi connectivity index (χ0n) is 10.2. The maximum atomic E-state index is 4.64. The lowest BCUT2D eigenvalue weighted by Gasteiger charge is -2.21. The summed E-state index contributed by atoms with van der Waals surface area (Å²) >= 11 is 0. The van der Waals surface area contributed by atoms with Gasteiger partial charge in [-0.3, -0.25) is 4.98 Å². The van der Waals surface area contributed by atoms with Crippen LogP contribution in [0.15, 0.2) is 12.1 Å². The third-order valence-electron chi connectivity index (χ3n) is 2.51. The first-order valence-corrected chi connectivity index (χ1v) is 5.30. The van der Waals surface area contributed by atoms with Crippen molar-refractivity contribution in [1.29, 1.82) is 0 Å². The third kappa shape index (κ3) is 2.34. The minimum Gasteiger partial charge on any atom is -0.258 e. The van der Waals surface area contributed by atoms with E-state index in [1.54, 1.807) is 0 Å². The Bertz CT molecular complexity index is 318. The smallest absolute Gasteiger partial charge is 0.0432 e. The molecule has 1 heteroatoms. The first-order chi connectivity index (χ1) is 6.32. The van der Waals surface area contributed by atoms with Gasteiger partial charge in [0.25, 0.3) is 0 Å². The molecule has 0 spiro atoms. The average Bonchev–Trinajstić information content (AvgIpc) is 2.01. The zero-order chi connectivity index (χ0) is 10.9. The van der Waals surface area contributed by atoms with Gasteiger partial charge in [0.1, 0.15) is 0 Å². The van der Waals surface area contributed by atoms with Crippen LogP contribution in [-0.4, -0.2) is 4.98 Å². The maximum absolute atomic E-state index is 4.64. The topological polar surface area (TPSA) is 12.9 Å². The van der Waals surface area contributed by atoms with E-state index in [-0.39, 0.29) is 5.41 Å². The average molecular weight is 191 g/mol. The van der Waals surface area contributed by atoms with Crippen LogP contribution in [0, 0.1) is 6.92 Å². The van der Waals surface area contributed by atoms with E-state index < -0.39 is 0 Å². The molecule has 0 unspecified atom stereocenters. The lowest BCUT2D eigenvalue weighted by Crippen LogP contribution is -2.14. The molecule has 14 heavy (non-hydrogen) atoms. The standard InChI is InChI=1S/C13H21N/c1-9(2)12-8-7-11(10(3)14-12)13(4,5)6/h7-9H,1-6H3. The first-order valence-electron chi connectivity index (χ1n) is 5.30. The third-order valence-corrected chi connectivity index (χ3v) is 2.51. The Morgan fingerprint density at radius 3 is 2.07 bits per heavy atom. The van der Waals surface area contributed by atoms with Gasteiger partial charge in [0, 0.05) is 11.4 Å². The normalized spacial score (nSPS) is 12.2. The van der Waals surface area contributed by atoms with Gasteiger partial charge in [-0.1, -0.05) is 40.7 Å². The van der Waals surface area contributed by atoms with Crippen molar-refractivity contribution >= 4 is 0 Å². The monoisotopic (exact) mass is 191 g/mol. The maximum Gasteiger partial charge on any atom is 0.0432 e. The van der Waals surface area contributed by atoms with Crippen molar-refractivity contribution in [2.45, 2.75) is 52.9 Å². The van der Waals surface area contributed by atoms with Crippen molar-refractivity contribution in [3.05, 3.63) is 29.1 Å². The van der Waals surface area contributed by atoms with E-state index in [4.69, 9.17) is 0 Å². The van der Waals surface area contributed by atoms with E-state index in [1.807, 2.05) is 0 Å². The van der Waals surface area contributed by atoms with Crippen LogP contribution >= 0.6 is 0 Å². The van der Waals surface area contributed by atoms with Gasteiger partial charge >= 0.3 is 0 Å². The van der Waals surface area contributed by atoms with Crippen LogP contribution < -0.4 is 0 Å². The Balaban J connectivity index is 3.15. The van der Waals surface area contributed by atoms with E-state index in [1.165, 1.54) is 17.0 Å². The molecule has 1 nitrogen and oxygen atoms in total. The summed E-state index contributed by atoms with van der Waals surface area (Å²) in [5.41, 5.74) is 3.91. The molecule has 0 N–H and O–H groups in total. The summed E-state index contributed by atoms with van der Waals surface area (Å²) in [6.45, 7) is 13.1. The second-order valence-corrected chi connectivity index (χ2v) is 5.27. The molecule has 0 saturated heterocycles. The van der Waals surface area contributed by atoms with Crippen LogP contribution in [0.3, 0.4) is 0 Å². The number of aromatic nitrogens is 1. The molecule has 1 aromatic rings. The summed E-state index contributed by atoms with van der Waals surface area (Å²) < 4.78 is 0. The predicted octanol–water partition coefficient (Wildman–Crippen LogP) is 3.81. The van der Waals surface area contributed by atoms with E-state index in [0.29, 0.717) is 5.92 Å². The Hall–Kier alpha value is -0.850. The molecular formula is C13H21N. The number of rotatable bonds is 1. The van der Waals surface area contributed by atoms with E-state index in [2.05, 4.69) is 58.7 Å². The van der Waals surface area contributed by atoms with Gasteiger partial charge in [-0.05, 0) is 29.9 Å². The van der Waals surface area contributed by atoms with Crippen molar-refractivity contribution in [3.8, 4) is 0 Å². The van der Waals surface area contributed by atoms with Gasteiger partial charge < -0.3 is 0 Å². The lowest BCUT2D eigenvalue weighted by molar-refractivity contribution is 0.580. The number of hydrogen-bond acceptors (Lipinski definition) is 1. The number of aryl methyl sites for hydroxylation is 1. The first kappa shape index (κ1) is 11.2. The second-order valence-electron chi connectivity index (χ2n) is 5.27. The Labute approximate surface area is 87.6 Å². The summed E-state index contributed by atoms with van der Waals surface area (Å²) in [6, 6.07) is 4.37. The van der Waals surface area contributed by atoms with Gasteiger partial charge in [0.15, 0.2) is 0 Å². The Morgan fingerprint density at radius 2 is 1.71 bits per heavy atom. The molecule has 0 bridgehead atoms. The highest BCUT2D eigenvalue weighted by Gasteiger charge is 2.17. The predicted molar refractivity (Wildman–Crippen MR) is 61.8 cm³/mol. The van der Waals surface area contributed by atoms with Crippen molar-refractivity contribution < 1.29 is 0 Å². The van der Waals surface area contributed by atoms with Crippen LogP contribution in [0.25, 0.3) is 0 Å². The van der Waals surface area contributed by atoms with Crippen molar-refractivity contribution in [3.63, 3.8) is 0 Å². The molecule has 0 aromatic carbocycles. The van der Waals surface area contributed by atoms with Gasteiger partial charge in [0.05, 0.1) is 0 Å². The number of nitrogens with zero attached hydrogens (tertiary/aromatic N) is 1. The van der Waals surface area contributed by atoms with Gasteiger partial charge in [-0.2, -0.15) is 0 Å². The summed E-state index contributed by atoms with van der Waals surface area (Å²) in [4.78, 5) is 4.64. The fourth-order valence-corrected chi connectivity index (χ4v) is 1.69. The molecule has 1 aromatic heterocycles. The minimum atomic E-state index is 0.201. The van der Waals surface area contributed by atoms with Crippen LogP contribution in [0.4, 0.5) is 0 Å². The molecule has 78 valence electrons. The fraction of sp³-hybridized carbons (Fsp3) is 0.615. The van der Waals surface area contributed by atoms with Crippen LogP contribution in [0.1, 0.15) is 57.5 Å². The fourth-order valence-electron chi connectivity index (χ4n) is 1.69. The largest absolute Gasteiger partial charge is 0.258 e. The van der Waals surface area contributed by atoms with Gasteiger partial charge in [-0.25, -0.2) is 0 Å². The molecule has 1 rings (SSSR count). The van der Waals surface area contributed by atoms with Crippen molar-refractivity contribution in [2.24, 2.45) is 0 Å². The summed E-state index contributed by atoms with van der Waals surface area (Å²) in [5, 5.41) is 0. The SMILES string of the molecule is Cc1nc(C(C)C)ccc1C(C)(C)C. The van der Waals surface area contributed by atoms with Crippen LogP contribution in [0.5, 0.6) is 0 Å². The molecule has 0 aliphatic carbocycles. The highest BCUT2D eigenvalue weighted by molar-refractivity contribution is 5.29. The molecular weight excluding hydrogens is 170 g/mol. The summed E-state index contributed by atoms with van der Waals surface area (Å²) in [7, 11) is 0. The molecule has 0 amide bonds. The highest BCUT2D eigenvalue weighted by Crippen LogP contribution is 2.25. The lowest BCUT2D eigenvalue weighted by atomic mass is 9.85. The van der Waals surface area contributed by atoms with Crippen molar-refractivity contribution in [1.82, 2.24) is 4.98 Å². The number of pyridine rings is 1. The Kier molecular flexibility index (Phi) is 2.98. The quantitative estimate of drug-likeness (QED) is 0.657. The molecule has 0 aliphatic heterocycles. The van der Waals surface area contributed by atoms with E-state index in [0.717, 1.165) is 0 Å².